The highest BCUT2D eigenvalue weighted by Gasteiger charge is 2.25. The van der Waals surface area contributed by atoms with Crippen molar-refractivity contribution < 1.29 is 18.6 Å². The van der Waals surface area contributed by atoms with E-state index >= 15 is 0 Å². The van der Waals surface area contributed by atoms with Crippen LogP contribution in [0.1, 0.15) is 11.7 Å². The van der Waals surface area contributed by atoms with Crippen LogP contribution in [0.4, 0.5) is 0 Å². The van der Waals surface area contributed by atoms with Crippen LogP contribution in [0.3, 0.4) is 0 Å². The third-order valence-corrected chi connectivity index (χ3v) is 4.77. The van der Waals surface area contributed by atoms with Crippen molar-refractivity contribution in [1.29, 1.82) is 0 Å². The molecule has 0 aromatic heterocycles. The zero-order chi connectivity index (χ0) is 14.6. The Balaban J connectivity index is 2.14. The minimum atomic E-state index is -3.62. The maximum absolute atomic E-state index is 12.1. The molecule has 0 amide bonds. The second-order valence-electron chi connectivity index (χ2n) is 4.52. The molecule has 2 atom stereocenters. The summed E-state index contributed by atoms with van der Waals surface area (Å²) in [5.74, 6) is -0.521. The fraction of sp³-hybridized carbons (Fsp3) is 0.200. The first-order chi connectivity index (χ1) is 9.50. The average Bonchev–Trinajstić information content (AvgIpc) is 2.48. The van der Waals surface area contributed by atoms with Crippen LogP contribution < -0.4 is 0 Å². The predicted molar refractivity (Wildman–Crippen MR) is 75.9 cm³/mol. The van der Waals surface area contributed by atoms with E-state index in [1.165, 1.54) is 12.1 Å². The van der Waals surface area contributed by atoms with Gasteiger partial charge in [0.05, 0.1) is 16.8 Å². The first-order valence-electron chi connectivity index (χ1n) is 6.19. The highest BCUT2D eigenvalue weighted by atomic mass is 32.2. The molecule has 2 aromatic rings. The van der Waals surface area contributed by atoms with E-state index in [0.717, 1.165) is 0 Å². The Labute approximate surface area is 118 Å². The van der Waals surface area contributed by atoms with Crippen molar-refractivity contribution in [3.8, 4) is 0 Å². The van der Waals surface area contributed by atoms with Crippen LogP contribution in [0.5, 0.6) is 0 Å². The number of aliphatic hydroxyl groups is 2. The molecule has 106 valence electrons. The number of hydrogen-bond acceptors (Lipinski definition) is 4. The minimum absolute atomic E-state index is 0.138. The van der Waals surface area contributed by atoms with Crippen LogP contribution in [0.25, 0.3) is 0 Å². The normalized spacial score (nSPS) is 14.7. The topological polar surface area (TPSA) is 74.6 Å². The van der Waals surface area contributed by atoms with Gasteiger partial charge < -0.3 is 10.2 Å². The number of benzene rings is 2. The minimum Gasteiger partial charge on any atom is -0.389 e. The molecule has 0 unspecified atom stereocenters. The molecule has 0 aliphatic rings. The van der Waals surface area contributed by atoms with Crippen LogP contribution in [0.15, 0.2) is 65.6 Å². The summed E-state index contributed by atoms with van der Waals surface area (Å²) in [5, 5.41) is 19.9. The molecule has 0 aliphatic heterocycles. The van der Waals surface area contributed by atoms with Crippen LogP contribution in [-0.4, -0.2) is 30.5 Å². The Morgan fingerprint density at radius 1 is 0.850 bits per heavy atom. The largest absolute Gasteiger partial charge is 0.389 e. The summed E-state index contributed by atoms with van der Waals surface area (Å²) in [6.07, 6.45) is -2.60. The standard InChI is InChI=1S/C15H16O4S/c16-14(15(17)12-7-3-1-4-8-12)11-20(18,19)13-9-5-2-6-10-13/h1-10,14-17H,11H2/t14-,15-/m1/s1. The van der Waals surface area contributed by atoms with Crippen molar-refractivity contribution >= 4 is 9.84 Å². The molecular formula is C15H16O4S. The van der Waals surface area contributed by atoms with Gasteiger partial charge in [-0.1, -0.05) is 48.5 Å². The lowest BCUT2D eigenvalue weighted by atomic mass is 10.1. The van der Waals surface area contributed by atoms with E-state index in [4.69, 9.17) is 0 Å². The molecule has 0 radical (unpaired) electrons. The zero-order valence-corrected chi connectivity index (χ0v) is 11.6. The van der Waals surface area contributed by atoms with Gasteiger partial charge in [0.15, 0.2) is 9.84 Å². The lowest BCUT2D eigenvalue weighted by Crippen LogP contribution is -2.27. The van der Waals surface area contributed by atoms with Gasteiger partial charge in [0.25, 0.3) is 0 Å². The van der Waals surface area contributed by atoms with Gasteiger partial charge in [-0.15, -0.1) is 0 Å². The zero-order valence-electron chi connectivity index (χ0n) is 10.8. The molecule has 0 bridgehead atoms. The highest BCUT2D eigenvalue weighted by Crippen LogP contribution is 2.20. The summed E-state index contributed by atoms with van der Waals surface area (Å²) in [6, 6.07) is 16.4. The van der Waals surface area contributed by atoms with Gasteiger partial charge in [0.2, 0.25) is 0 Å². The van der Waals surface area contributed by atoms with Crippen molar-refractivity contribution in [3.05, 3.63) is 66.2 Å². The summed E-state index contributed by atoms with van der Waals surface area (Å²) in [6.45, 7) is 0. The van der Waals surface area contributed by atoms with Gasteiger partial charge in [-0.05, 0) is 17.7 Å². The van der Waals surface area contributed by atoms with Crippen molar-refractivity contribution in [1.82, 2.24) is 0 Å². The first-order valence-corrected chi connectivity index (χ1v) is 7.85. The van der Waals surface area contributed by atoms with Crippen LogP contribution in [0.2, 0.25) is 0 Å². The molecule has 0 saturated carbocycles. The number of rotatable bonds is 5. The van der Waals surface area contributed by atoms with Gasteiger partial charge in [-0.3, -0.25) is 0 Å². The lowest BCUT2D eigenvalue weighted by molar-refractivity contribution is 0.0325. The maximum atomic E-state index is 12.1. The highest BCUT2D eigenvalue weighted by molar-refractivity contribution is 7.91. The predicted octanol–water partition coefficient (Wildman–Crippen LogP) is 1.55. The molecule has 2 aromatic carbocycles. The molecular weight excluding hydrogens is 276 g/mol. The first kappa shape index (κ1) is 14.7. The molecule has 20 heavy (non-hydrogen) atoms. The molecule has 2 N–H and O–H groups in total. The van der Waals surface area contributed by atoms with Crippen molar-refractivity contribution in [2.75, 3.05) is 5.75 Å². The second-order valence-corrected chi connectivity index (χ2v) is 6.55. The Kier molecular flexibility index (Phi) is 4.54. The molecule has 2 rings (SSSR count). The van der Waals surface area contributed by atoms with Crippen molar-refractivity contribution in [3.63, 3.8) is 0 Å². The van der Waals surface area contributed by atoms with E-state index in [-0.39, 0.29) is 4.90 Å². The van der Waals surface area contributed by atoms with Crippen LogP contribution >= 0.6 is 0 Å². The quantitative estimate of drug-likeness (QED) is 0.877. The molecule has 0 heterocycles. The SMILES string of the molecule is O=S(=O)(C[C@@H](O)[C@H](O)c1ccccc1)c1ccccc1. The lowest BCUT2D eigenvalue weighted by Gasteiger charge is -2.18. The average molecular weight is 292 g/mol. The molecule has 5 heteroatoms. The third-order valence-electron chi connectivity index (χ3n) is 3.00. The monoisotopic (exact) mass is 292 g/mol. The van der Waals surface area contributed by atoms with Gasteiger partial charge in [0, 0.05) is 0 Å². The van der Waals surface area contributed by atoms with Gasteiger partial charge >= 0.3 is 0 Å². The van der Waals surface area contributed by atoms with E-state index in [1.807, 2.05) is 0 Å². The summed E-state index contributed by atoms with van der Waals surface area (Å²) in [5.41, 5.74) is 0.489. The Morgan fingerprint density at radius 2 is 1.35 bits per heavy atom. The van der Waals surface area contributed by atoms with Crippen molar-refractivity contribution in [2.24, 2.45) is 0 Å². The van der Waals surface area contributed by atoms with Crippen molar-refractivity contribution in [2.45, 2.75) is 17.1 Å². The molecule has 0 spiro atoms. The number of hydrogen-bond donors (Lipinski definition) is 2. The fourth-order valence-electron chi connectivity index (χ4n) is 1.91. The third kappa shape index (κ3) is 3.45. The molecule has 0 aliphatic carbocycles. The van der Waals surface area contributed by atoms with Gasteiger partial charge in [-0.25, -0.2) is 8.42 Å². The van der Waals surface area contributed by atoms with Gasteiger partial charge in [0.1, 0.15) is 6.10 Å². The van der Waals surface area contributed by atoms with E-state index in [1.54, 1.807) is 48.5 Å². The summed E-state index contributed by atoms with van der Waals surface area (Å²) < 4.78 is 24.2. The Bertz CT molecular complexity index is 638. The fourth-order valence-corrected chi connectivity index (χ4v) is 3.31. The van der Waals surface area contributed by atoms with Crippen LogP contribution in [0, 0.1) is 0 Å². The Morgan fingerprint density at radius 3 is 1.90 bits per heavy atom. The summed E-state index contributed by atoms with van der Waals surface area (Å²) in [7, 11) is -3.62. The smallest absolute Gasteiger partial charge is 0.181 e. The number of aliphatic hydroxyl groups excluding tert-OH is 2. The molecule has 0 fully saturated rings. The summed E-state index contributed by atoms with van der Waals surface area (Å²) >= 11 is 0. The van der Waals surface area contributed by atoms with Gasteiger partial charge in [-0.2, -0.15) is 0 Å². The summed E-state index contributed by atoms with van der Waals surface area (Å²) in [4.78, 5) is 0.138. The van der Waals surface area contributed by atoms with Crippen LogP contribution in [-0.2, 0) is 9.84 Å². The second kappa shape index (κ2) is 6.17. The van der Waals surface area contributed by atoms with E-state index in [9.17, 15) is 18.6 Å². The Hall–Kier alpha value is -1.69. The van der Waals surface area contributed by atoms with E-state index in [0.29, 0.717) is 5.56 Å². The maximum Gasteiger partial charge on any atom is 0.181 e. The number of sulfone groups is 1. The van der Waals surface area contributed by atoms with E-state index in [2.05, 4.69) is 0 Å². The van der Waals surface area contributed by atoms with E-state index < -0.39 is 27.8 Å². The molecule has 0 saturated heterocycles. The molecule has 4 nitrogen and oxygen atoms in total.